The lowest BCUT2D eigenvalue weighted by Crippen LogP contribution is -2.27. The summed E-state index contributed by atoms with van der Waals surface area (Å²) in [5.41, 5.74) is -1.53. The maximum Gasteiger partial charge on any atom is 0.490 e. The monoisotopic (exact) mass is 658 g/mol. The molecule has 1 aliphatic heterocycles. The Hall–Kier alpha value is -6.78. The Morgan fingerprint density at radius 1 is 0.745 bits per heavy atom. The van der Waals surface area contributed by atoms with Crippen LogP contribution in [-0.2, 0) is 9.53 Å². The number of alkyl halides is 3. The second-order valence-electron chi connectivity index (χ2n) is 9.05. The zero-order valence-electron chi connectivity index (χ0n) is 23.3. The van der Waals surface area contributed by atoms with Crippen molar-refractivity contribution < 1.29 is 72.5 Å². The van der Waals surface area contributed by atoms with E-state index in [1.165, 1.54) is 36.5 Å². The lowest BCUT2D eigenvalue weighted by molar-refractivity contribution is -0.192. The number of nitrogens with one attached hydrogen (secondary N) is 2. The number of aliphatic carboxylic acids is 1. The van der Waals surface area contributed by atoms with E-state index in [0.29, 0.717) is 0 Å². The summed E-state index contributed by atoms with van der Waals surface area (Å²) in [5, 5.41) is 61.6. The van der Waals surface area contributed by atoms with Gasteiger partial charge in [0.2, 0.25) is 11.7 Å². The minimum atomic E-state index is -5.08. The summed E-state index contributed by atoms with van der Waals surface area (Å²) in [6.45, 7) is 0. The highest BCUT2D eigenvalue weighted by Crippen LogP contribution is 2.33. The van der Waals surface area contributed by atoms with Crippen LogP contribution in [0.15, 0.2) is 90.6 Å². The number of carboxylic acids is 2. The van der Waals surface area contributed by atoms with Gasteiger partial charge in [-0.15, -0.1) is 0 Å². The Bertz CT molecular complexity index is 1820. The third-order valence-corrected chi connectivity index (χ3v) is 5.79. The molecule has 1 heterocycles. The number of amides is 1. The van der Waals surface area contributed by atoms with Crippen LogP contribution < -0.4 is 10.6 Å². The van der Waals surface area contributed by atoms with Crippen molar-refractivity contribution in [3.63, 3.8) is 0 Å². The Kier molecular flexibility index (Phi) is 10.6. The van der Waals surface area contributed by atoms with Crippen molar-refractivity contribution >= 4 is 29.6 Å². The molecule has 17 heteroatoms. The number of hydrogen-bond donors (Lipinski definition) is 8. The SMILES string of the molecule is O=C(NC1=C(OC(=O)c2cc(O)c(C(=O)c3ccc(O)c(C(=O)O)c3)c(O)c2)NC=CC=C1)c1ccc(O)cc1.O=C(O)C(F)(F)F. The van der Waals surface area contributed by atoms with E-state index in [0.717, 1.165) is 30.3 Å². The summed E-state index contributed by atoms with van der Waals surface area (Å²) in [6, 6.07) is 10.1. The average Bonchev–Trinajstić information content (AvgIpc) is 3.21. The molecular formula is C30H21F3N2O12. The number of aromatic hydroxyl groups is 4. The van der Waals surface area contributed by atoms with Gasteiger partial charge in [0.1, 0.15) is 39.8 Å². The van der Waals surface area contributed by atoms with Crippen LogP contribution in [-0.4, -0.2) is 66.4 Å². The van der Waals surface area contributed by atoms with Gasteiger partial charge in [-0.05, 0) is 66.7 Å². The Morgan fingerprint density at radius 3 is 1.87 bits per heavy atom. The van der Waals surface area contributed by atoms with Gasteiger partial charge in [0.25, 0.3) is 5.91 Å². The summed E-state index contributed by atoms with van der Waals surface area (Å²) in [4.78, 5) is 58.6. The van der Waals surface area contributed by atoms with Crippen molar-refractivity contribution in [2.45, 2.75) is 6.18 Å². The molecule has 4 rings (SSSR count). The number of rotatable bonds is 7. The van der Waals surface area contributed by atoms with Crippen molar-refractivity contribution in [2.75, 3.05) is 0 Å². The molecule has 0 unspecified atom stereocenters. The number of aromatic carboxylic acids is 1. The fraction of sp³-hybridized carbons (Fsp3) is 0.0333. The molecule has 0 atom stereocenters. The van der Waals surface area contributed by atoms with E-state index in [9.17, 15) is 52.8 Å². The highest BCUT2D eigenvalue weighted by molar-refractivity contribution is 6.14. The predicted octanol–water partition coefficient (Wildman–Crippen LogP) is 3.50. The van der Waals surface area contributed by atoms with E-state index in [2.05, 4.69) is 10.6 Å². The highest BCUT2D eigenvalue weighted by atomic mass is 19.4. The molecule has 244 valence electrons. The number of phenolic OH excluding ortho intramolecular Hbond substituents is 3. The number of carboxylic acid groups (broad SMARTS) is 2. The predicted molar refractivity (Wildman–Crippen MR) is 151 cm³/mol. The van der Waals surface area contributed by atoms with Crippen LogP contribution in [0.25, 0.3) is 0 Å². The molecule has 47 heavy (non-hydrogen) atoms. The van der Waals surface area contributed by atoms with Gasteiger partial charge in [-0.1, -0.05) is 6.08 Å². The molecule has 3 aromatic rings. The molecule has 0 saturated heterocycles. The molecule has 0 bridgehead atoms. The standard InChI is InChI=1S/C28H20N2O10.C2HF3O2/c31-17-7-4-14(5-8-17)25(36)30-19-3-1-2-10-29-26(19)40-28(39)16-12-21(33)23(22(34)13-16)24(35)15-6-9-20(32)18(11-15)27(37)38;3-2(4,5)1(6)7/h1-13,29,31-34H,(H,30,36)(H,37,38);(H,6,7). The molecule has 3 aromatic carbocycles. The summed E-state index contributed by atoms with van der Waals surface area (Å²) in [5.74, 6) is -9.29. The van der Waals surface area contributed by atoms with Crippen LogP contribution >= 0.6 is 0 Å². The number of benzene rings is 3. The Labute approximate surface area is 260 Å². The van der Waals surface area contributed by atoms with Crippen molar-refractivity contribution in [3.05, 3.63) is 118 Å². The van der Waals surface area contributed by atoms with Crippen molar-refractivity contribution in [1.82, 2.24) is 10.6 Å². The zero-order chi connectivity index (χ0) is 35.1. The molecule has 0 spiro atoms. The second-order valence-corrected chi connectivity index (χ2v) is 9.05. The van der Waals surface area contributed by atoms with E-state index < -0.39 is 64.2 Å². The third-order valence-electron chi connectivity index (χ3n) is 5.79. The van der Waals surface area contributed by atoms with Gasteiger partial charge in [0, 0.05) is 17.3 Å². The minimum absolute atomic E-state index is 0.0297. The number of halogens is 3. The number of carbonyl (C=O) groups is 5. The molecule has 0 saturated carbocycles. The maximum atomic E-state index is 12.9. The number of esters is 1. The molecule has 0 fully saturated rings. The molecule has 8 N–H and O–H groups in total. The minimum Gasteiger partial charge on any atom is -0.508 e. The topological polar surface area (TPSA) is 240 Å². The fourth-order valence-corrected chi connectivity index (χ4v) is 3.58. The quantitative estimate of drug-likeness (QED) is 0.134. The average molecular weight is 658 g/mol. The number of ketones is 1. The van der Waals surface area contributed by atoms with Gasteiger partial charge in [0.15, 0.2) is 0 Å². The molecular weight excluding hydrogens is 637 g/mol. The first kappa shape index (κ1) is 34.7. The van der Waals surface area contributed by atoms with Crippen LogP contribution in [0, 0.1) is 0 Å². The molecule has 0 aliphatic carbocycles. The number of ether oxygens (including phenoxy) is 1. The number of hydrogen-bond acceptors (Lipinski definition) is 11. The Balaban J connectivity index is 0.000000771. The van der Waals surface area contributed by atoms with E-state index in [1.54, 1.807) is 12.2 Å². The van der Waals surface area contributed by atoms with Gasteiger partial charge in [-0.2, -0.15) is 13.2 Å². The van der Waals surface area contributed by atoms with Crippen LogP contribution in [0.5, 0.6) is 23.0 Å². The summed E-state index contributed by atoms with van der Waals surface area (Å²) >= 11 is 0. The highest BCUT2D eigenvalue weighted by Gasteiger charge is 2.38. The molecule has 0 aromatic heterocycles. The fourth-order valence-electron chi connectivity index (χ4n) is 3.58. The molecule has 0 radical (unpaired) electrons. The van der Waals surface area contributed by atoms with Gasteiger partial charge < -0.3 is 46.0 Å². The number of carbonyl (C=O) groups excluding carboxylic acids is 3. The van der Waals surface area contributed by atoms with Gasteiger partial charge in [0.05, 0.1) is 5.56 Å². The van der Waals surface area contributed by atoms with E-state index in [4.69, 9.17) is 19.7 Å². The van der Waals surface area contributed by atoms with E-state index in [-0.39, 0.29) is 34.0 Å². The maximum absolute atomic E-state index is 12.9. The summed E-state index contributed by atoms with van der Waals surface area (Å²) < 4.78 is 37.1. The normalized spacial score (nSPS) is 12.1. The Morgan fingerprint density at radius 2 is 1.32 bits per heavy atom. The molecule has 1 aliphatic rings. The first-order valence-electron chi connectivity index (χ1n) is 12.6. The first-order chi connectivity index (χ1) is 22.0. The summed E-state index contributed by atoms with van der Waals surface area (Å²) in [6.07, 6.45) is 0.887. The lowest BCUT2D eigenvalue weighted by atomic mass is 9.98. The number of phenols is 4. The van der Waals surface area contributed by atoms with Crippen LogP contribution in [0.4, 0.5) is 13.2 Å². The first-order valence-corrected chi connectivity index (χ1v) is 12.6. The largest absolute Gasteiger partial charge is 0.508 e. The molecule has 14 nitrogen and oxygen atoms in total. The van der Waals surface area contributed by atoms with E-state index >= 15 is 0 Å². The van der Waals surface area contributed by atoms with Crippen molar-refractivity contribution in [1.29, 1.82) is 0 Å². The van der Waals surface area contributed by atoms with Gasteiger partial charge >= 0.3 is 24.1 Å². The van der Waals surface area contributed by atoms with E-state index in [1.807, 2.05) is 0 Å². The lowest BCUT2D eigenvalue weighted by Gasteiger charge is -2.14. The zero-order valence-corrected chi connectivity index (χ0v) is 23.3. The van der Waals surface area contributed by atoms with Crippen LogP contribution in [0.3, 0.4) is 0 Å². The number of allylic oxidation sites excluding steroid dienone is 3. The second kappa shape index (κ2) is 14.3. The van der Waals surface area contributed by atoms with Crippen molar-refractivity contribution in [2.24, 2.45) is 0 Å². The van der Waals surface area contributed by atoms with Crippen LogP contribution in [0.2, 0.25) is 0 Å². The smallest absolute Gasteiger partial charge is 0.490 e. The van der Waals surface area contributed by atoms with Gasteiger partial charge in [-0.3, -0.25) is 9.59 Å². The summed E-state index contributed by atoms with van der Waals surface area (Å²) in [7, 11) is 0. The molecule has 1 amide bonds. The van der Waals surface area contributed by atoms with Gasteiger partial charge in [-0.25, -0.2) is 14.4 Å². The third kappa shape index (κ3) is 8.88. The van der Waals surface area contributed by atoms with Crippen LogP contribution in [0.1, 0.15) is 47.0 Å². The van der Waals surface area contributed by atoms with Crippen molar-refractivity contribution in [3.8, 4) is 23.0 Å².